The Morgan fingerprint density at radius 2 is 1.68 bits per heavy atom. The number of fused-ring (bicyclic) bond motifs is 1. The number of nitrogens with one attached hydrogen (secondary N) is 2. The van der Waals surface area contributed by atoms with Crippen molar-refractivity contribution in [3.05, 3.63) is 82.9 Å². The average molecular weight is 536 g/mol. The third-order valence-electron chi connectivity index (χ3n) is 6.14. The zero-order valence-electron chi connectivity index (χ0n) is 21.6. The lowest BCUT2D eigenvalue weighted by molar-refractivity contribution is -0.122. The van der Waals surface area contributed by atoms with Gasteiger partial charge in [-0.05, 0) is 69.2 Å². The smallest absolute Gasteiger partial charge is 0.338 e. The van der Waals surface area contributed by atoms with Gasteiger partial charge in [0.05, 0.1) is 34.9 Å². The summed E-state index contributed by atoms with van der Waals surface area (Å²) in [6, 6.07) is 15.0. The Labute approximate surface area is 221 Å². The van der Waals surface area contributed by atoms with Crippen LogP contribution in [0.4, 0.5) is 17.1 Å². The summed E-state index contributed by atoms with van der Waals surface area (Å²) in [7, 11) is -4.25. The van der Waals surface area contributed by atoms with E-state index in [1.54, 1.807) is 75.4 Å². The van der Waals surface area contributed by atoms with E-state index >= 15 is 0 Å². The largest absolute Gasteiger partial charge is 0.462 e. The molecule has 1 unspecified atom stereocenters. The SMILES string of the molecule is CCOC(=O)c1cccc(NC(=O)CC2C(=O)Nc3ccccc3N2S(=O)(=O)c2c(C)cc(C)cc2C)c1. The quantitative estimate of drug-likeness (QED) is 0.434. The van der Waals surface area contributed by atoms with Crippen molar-refractivity contribution >= 4 is 44.9 Å². The fourth-order valence-electron chi connectivity index (χ4n) is 4.73. The van der Waals surface area contributed by atoms with Crippen molar-refractivity contribution in [3.8, 4) is 0 Å². The summed E-state index contributed by atoms with van der Waals surface area (Å²) < 4.78 is 34.3. The number of carbonyl (C=O) groups is 3. The molecule has 3 aromatic rings. The molecule has 2 N–H and O–H groups in total. The normalized spacial score (nSPS) is 14.9. The molecule has 0 saturated heterocycles. The predicted octanol–water partition coefficient (Wildman–Crippen LogP) is 4.33. The molecule has 0 spiro atoms. The molecule has 0 fully saturated rings. The van der Waals surface area contributed by atoms with Crippen molar-refractivity contribution in [2.45, 2.75) is 45.1 Å². The van der Waals surface area contributed by atoms with Crippen molar-refractivity contribution in [3.63, 3.8) is 0 Å². The van der Waals surface area contributed by atoms with E-state index in [2.05, 4.69) is 10.6 Å². The number of para-hydroxylation sites is 2. The number of anilines is 3. The van der Waals surface area contributed by atoms with Gasteiger partial charge in [-0.3, -0.25) is 13.9 Å². The van der Waals surface area contributed by atoms with Crippen LogP contribution in [0.1, 0.15) is 40.4 Å². The number of esters is 1. The van der Waals surface area contributed by atoms with Crippen LogP contribution in [0.15, 0.2) is 65.6 Å². The summed E-state index contributed by atoms with van der Waals surface area (Å²) in [4.78, 5) is 38.5. The average Bonchev–Trinajstić information content (AvgIpc) is 2.83. The van der Waals surface area contributed by atoms with Gasteiger partial charge in [0, 0.05) is 5.69 Å². The number of amides is 2. The topological polar surface area (TPSA) is 122 Å². The monoisotopic (exact) mass is 535 g/mol. The third-order valence-corrected chi connectivity index (χ3v) is 8.27. The van der Waals surface area contributed by atoms with Crippen LogP contribution in [0.5, 0.6) is 0 Å². The summed E-state index contributed by atoms with van der Waals surface area (Å²) in [6.45, 7) is 7.19. The summed E-state index contributed by atoms with van der Waals surface area (Å²) in [5, 5.41) is 5.39. The lowest BCUT2D eigenvalue weighted by Gasteiger charge is -2.37. The van der Waals surface area contributed by atoms with Crippen LogP contribution in [0.2, 0.25) is 0 Å². The number of aryl methyl sites for hydroxylation is 3. The van der Waals surface area contributed by atoms with Crippen LogP contribution in [-0.4, -0.2) is 38.9 Å². The predicted molar refractivity (Wildman–Crippen MR) is 145 cm³/mol. The van der Waals surface area contributed by atoms with Gasteiger partial charge in [0.1, 0.15) is 6.04 Å². The summed E-state index contributed by atoms with van der Waals surface area (Å²) >= 11 is 0. The van der Waals surface area contributed by atoms with Crippen LogP contribution in [0.25, 0.3) is 0 Å². The maximum Gasteiger partial charge on any atom is 0.338 e. The lowest BCUT2D eigenvalue weighted by atomic mass is 10.1. The van der Waals surface area contributed by atoms with Gasteiger partial charge in [-0.25, -0.2) is 13.2 Å². The van der Waals surface area contributed by atoms with Crippen LogP contribution in [0, 0.1) is 20.8 Å². The number of hydrogen-bond acceptors (Lipinski definition) is 6. The molecule has 0 bridgehead atoms. The van der Waals surface area contributed by atoms with Crippen LogP contribution < -0.4 is 14.9 Å². The molecule has 9 nitrogen and oxygen atoms in total. The second kappa shape index (κ2) is 10.7. The first-order chi connectivity index (χ1) is 18.0. The van der Waals surface area contributed by atoms with E-state index in [0.29, 0.717) is 22.5 Å². The second-order valence-corrected chi connectivity index (χ2v) is 10.9. The van der Waals surface area contributed by atoms with E-state index < -0.39 is 40.3 Å². The molecule has 2 amide bonds. The fourth-order valence-corrected chi connectivity index (χ4v) is 6.78. The van der Waals surface area contributed by atoms with Gasteiger partial charge < -0.3 is 15.4 Å². The molecule has 1 aliphatic rings. The van der Waals surface area contributed by atoms with E-state index in [1.165, 1.54) is 6.07 Å². The number of benzene rings is 3. The first kappa shape index (κ1) is 26.9. The lowest BCUT2D eigenvalue weighted by Crippen LogP contribution is -2.52. The van der Waals surface area contributed by atoms with Gasteiger partial charge in [0.2, 0.25) is 11.8 Å². The van der Waals surface area contributed by atoms with Crippen molar-refractivity contribution < 1.29 is 27.5 Å². The number of sulfonamides is 1. The van der Waals surface area contributed by atoms with Crippen LogP contribution >= 0.6 is 0 Å². The molecular formula is C28H29N3O6S. The van der Waals surface area contributed by atoms with E-state index in [-0.39, 0.29) is 22.8 Å². The molecule has 1 heterocycles. The summed E-state index contributed by atoms with van der Waals surface area (Å²) in [6.07, 6.45) is -0.451. The molecule has 4 rings (SSSR count). The first-order valence-electron chi connectivity index (χ1n) is 12.1. The number of rotatable bonds is 7. The Bertz CT molecular complexity index is 1510. The molecule has 0 aromatic heterocycles. The molecule has 38 heavy (non-hydrogen) atoms. The summed E-state index contributed by atoms with van der Waals surface area (Å²) in [5.41, 5.74) is 3.18. The molecule has 0 aliphatic carbocycles. The van der Waals surface area contributed by atoms with Gasteiger partial charge in [0.25, 0.3) is 10.0 Å². The maximum atomic E-state index is 14.1. The van der Waals surface area contributed by atoms with E-state index in [1.807, 2.05) is 6.92 Å². The molecule has 3 aromatic carbocycles. The van der Waals surface area contributed by atoms with E-state index in [9.17, 15) is 22.8 Å². The minimum atomic E-state index is -4.25. The highest BCUT2D eigenvalue weighted by molar-refractivity contribution is 7.93. The second-order valence-electron chi connectivity index (χ2n) is 9.10. The third kappa shape index (κ3) is 5.26. The minimum Gasteiger partial charge on any atom is -0.462 e. The van der Waals surface area contributed by atoms with Crippen LogP contribution in [-0.2, 0) is 24.3 Å². The highest BCUT2D eigenvalue weighted by atomic mass is 32.2. The Morgan fingerprint density at radius 3 is 2.37 bits per heavy atom. The molecule has 0 saturated carbocycles. The molecular weight excluding hydrogens is 506 g/mol. The highest BCUT2D eigenvalue weighted by Crippen LogP contribution is 2.38. The Kier molecular flexibility index (Phi) is 7.54. The van der Waals surface area contributed by atoms with Gasteiger partial charge in [0.15, 0.2) is 0 Å². The van der Waals surface area contributed by atoms with Crippen molar-refractivity contribution in [1.29, 1.82) is 0 Å². The maximum absolute atomic E-state index is 14.1. The zero-order chi connectivity index (χ0) is 27.6. The zero-order valence-corrected chi connectivity index (χ0v) is 22.4. The highest BCUT2D eigenvalue weighted by Gasteiger charge is 2.43. The van der Waals surface area contributed by atoms with Gasteiger partial charge in [-0.15, -0.1) is 0 Å². The van der Waals surface area contributed by atoms with E-state index in [4.69, 9.17) is 4.74 Å². The van der Waals surface area contributed by atoms with Crippen molar-refractivity contribution in [2.24, 2.45) is 0 Å². The van der Waals surface area contributed by atoms with Gasteiger partial charge in [-0.2, -0.15) is 0 Å². The summed E-state index contributed by atoms with van der Waals surface area (Å²) in [5.74, 6) is -1.75. The Hall–Kier alpha value is -4.18. The Morgan fingerprint density at radius 1 is 1.00 bits per heavy atom. The molecule has 1 atom stereocenters. The van der Waals surface area contributed by atoms with Gasteiger partial charge >= 0.3 is 5.97 Å². The number of nitrogens with zero attached hydrogens (tertiary/aromatic N) is 1. The minimum absolute atomic E-state index is 0.0974. The number of carbonyl (C=O) groups excluding carboxylic acids is 3. The molecule has 10 heteroatoms. The van der Waals surface area contributed by atoms with E-state index in [0.717, 1.165) is 9.87 Å². The standard InChI is InChI=1S/C28H29N3O6S/c1-5-37-28(34)20-9-8-10-21(15-20)29-25(32)16-24-27(33)30-22-11-6-7-12-23(22)31(24)38(35,36)26-18(3)13-17(2)14-19(26)4/h6-15,24H,5,16H2,1-4H3,(H,29,32)(H,30,33). The number of hydrogen-bond donors (Lipinski definition) is 2. The van der Waals surface area contributed by atoms with Crippen LogP contribution in [0.3, 0.4) is 0 Å². The van der Waals surface area contributed by atoms with Crippen molar-refractivity contribution in [2.75, 3.05) is 21.5 Å². The fraction of sp³-hybridized carbons (Fsp3) is 0.250. The molecule has 0 radical (unpaired) electrons. The Balaban J connectivity index is 1.70. The number of ether oxygens (including phenoxy) is 1. The van der Waals surface area contributed by atoms with Gasteiger partial charge in [-0.1, -0.05) is 35.9 Å². The first-order valence-corrected chi connectivity index (χ1v) is 13.6. The molecule has 198 valence electrons. The molecule has 1 aliphatic heterocycles. The van der Waals surface area contributed by atoms with Crippen molar-refractivity contribution in [1.82, 2.24) is 0 Å².